The van der Waals surface area contributed by atoms with Crippen LogP contribution < -0.4 is 24.3 Å². The molecule has 1 N–H and O–H groups in total. The molecule has 0 heterocycles. The van der Waals surface area contributed by atoms with Crippen LogP contribution in [0.3, 0.4) is 0 Å². The van der Waals surface area contributed by atoms with Crippen molar-refractivity contribution in [2.24, 2.45) is 0 Å². The molecule has 0 radical (unpaired) electrons. The van der Waals surface area contributed by atoms with Gasteiger partial charge in [0, 0.05) is 17.3 Å². The van der Waals surface area contributed by atoms with Crippen molar-refractivity contribution in [3.63, 3.8) is 0 Å². The number of carbonyl (C=O) groups is 3. The van der Waals surface area contributed by atoms with Gasteiger partial charge in [0.2, 0.25) is 0 Å². The number of anilines is 1. The first-order chi connectivity index (χ1) is 14.4. The Kier molecular flexibility index (Phi) is 8.04. The van der Waals surface area contributed by atoms with Gasteiger partial charge in [0.15, 0.2) is 35.7 Å². The van der Waals surface area contributed by atoms with Gasteiger partial charge in [-0.2, -0.15) is 0 Å². The van der Waals surface area contributed by atoms with E-state index in [2.05, 4.69) is 5.32 Å². The van der Waals surface area contributed by atoms with Crippen LogP contribution in [0.1, 0.15) is 17.3 Å². The standard InChI is InChI=1S/C21H23NO8/c1-13(21(25)22-15-6-8-16(26-2)19(10-15)28-4)30-20(24)12-29-17-7-5-14(11-23)9-18(17)27-3/h5-11,13H,12H2,1-4H3,(H,22,25)/t13-/m1/s1. The van der Waals surface area contributed by atoms with Gasteiger partial charge in [-0.15, -0.1) is 0 Å². The summed E-state index contributed by atoms with van der Waals surface area (Å²) in [6.45, 7) is 0.998. The van der Waals surface area contributed by atoms with Gasteiger partial charge in [-0.25, -0.2) is 4.79 Å². The molecule has 2 rings (SSSR count). The number of nitrogens with one attached hydrogen (secondary N) is 1. The Morgan fingerprint density at radius 2 is 1.57 bits per heavy atom. The fraction of sp³-hybridized carbons (Fsp3) is 0.286. The lowest BCUT2D eigenvalue weighted by molar-refractivity contribution is -0.155. The van der Waals surface area contributed by atoms with Crippen LogP contribution in [0.2, 0.25) is 0 Å². The van der Waals surface area contributed by atoms with Gasteiger partial charge in [-0.3, -0.25) is 9.59 Å². The normalized spacial score (nSPS) is 11.1. The Hall–Kier alpha value is -3.75. The number of carbonyl (C=O) groups excluding carboxylic acids is 3. The van der Waals surface area contributed by atoms with Crippen molar-refractivity contribution in [3.8, 4) is 23.0 Å². The molecule has 0 unspecified atom stereocenters. The average molecular weight is 417 g/mol. The highest BCUT2D eigenvalue weighted by Crippen LogP contribution is 2.30. The SMILES string of the molecule is COc1ccc(NC(=O)[C@@H](C)OC(=O)COc2ccc(C=O)cc2OC)cc1OC. The van der Waals surface area contributed by atoms with Crippen molar-refractivity contribution in [3.05, 3.63) is 42.0 Å². The lowest BCUT2D eigenvalue weighted by atomic mass is 10.2. The highest BCUT2D eigenvalue weighted by molar-refractivity contribution is 5.95. The second kappa shape index (κ2) is 10.7. The molecular weight excluding hydrogens is 394 g/mol. The molecule has 0 aliphatic carbocycles. The van der Waals surface area contributed by atoms with Crippen LogP contribution in [0, 0.1) is 0 Å². The molecule has 30 heavy (non-hydrogen) atoms. The van der Waals surface area contributed by atoms with E-state index in [9.17, 15) is 14.4 Å². The van der Waals surface area contributed by atoms with Crippen LogP contribution >= 0.6 is 0 Å². The highest BCUT2D eigenvalue weighted by atomic mass is 16.6. The Morgan fingerprint density at radius 1 is 0.933 bits per heavy atom. The van der Waals surface area contributed by atoms with Crippen LogP contribution in [0.25, 0.3) is 0 Å². The fourth-order valence-electron chi connectivity index (χ4n) is 2.46. The summed E-state index contributed by atoms with van der Waals surface area (Å²) in [6.07, 6.45) is -0.396. The number of hydrogen-bond donors (Lipinski definition) is 1. The van der Waals surface area contributed by atoms with Crippen molar-refractivity contribution in [2.75, 3.05) is 33.3 Å². The molecule has 0 aliphatic rings. The summed E-state index contributed by atoms with van der Waals surface area (Å²) in [4.78, 5) is 35.1. The largest absolute Gasteiger partial charge is 0.493 e. The van der Waals surface area contributed by atoms with Gasteiger partial charge >= 0.3 is 5.97 Å². The molecular formula is C21H23NO8. The number of methoxy groups -OCH3 is 3. The van der Waals surface area contributed by atoms with Gasteiger partial charge in [0.1, 0.15) is 6.29 Å². The number of amides is 1. The predicted molar refractivity (Wildman–Crippen MR) is 108 cm³/mol. The lowest BCUT2D eigenvalue weighted by Crippen LogP contribution is -2.31. The molecule has 0 aliphatic heterocycles. The molecule has 1 atom stereocenters. The third-order valence-electron chi connectivity index (χ3n) is 4.00. The molecule has 2 aromatic carbocycles. The Bertz CT molecular complexity index is 912. The maximum Gasteiger partial charge on any atom is 0.344 e. The highest BCUT2D eigenvalue weighted by Gasteiger charge is 2.19. The molecule has 0 saturated heterocycles. The van der Waals surface area contributed by atoms with E-state index in [4.69, 9.17) is 23.7 Å². The number of ether oxygens (including phenoxy) is 5. The Labute approximate surface area is 173 Å². The second-order valence-electron chi connectivity index (χ2n) is 6.01. The fourth-order valence-corrected chi connectivity index (χ4v) is 2.46. The van der Waals surface area contributed by atoms with Crippen LogP contribution in [-0.2, 0) is 14.3 Å². The van der Waals surface area contributed by atoms with Crippen LogP contribution in [0.5, 0.6) is 23.0 Å². The molecule has 9 heteroatoms. The molecule has 1 amide bonds. The Balaban J connectivity index is 1.91. The smallest absolute Gasteiger partial charge is 0.344 e. The summed E-state index contributed by atoms with van der Waals surface area (Å²) < 4.78 is 25.9. The van der Waals surface area contributed by atoms with Crippen molar-refractivity contribution in [2.45, 2.75) is 13.0 Å². The average Bonchev–Trinajstić information content (AvgIpc) is 2.77. The lowest BCUT2D eigenvalue weighted by Gasteiger charge is -2.15. The van der Waals surface area contributed by atoms with E-state index in [1.165, 1.54) is 46.5 Å². The molecule has 0 saturated carbocycles. The topological polar surface area (TPSA) is 109 Å². The minimum atomic E-state index is -1.06. The summed E-state index contributed by atoms with van der Waals surface area (Å²) in [7, 11) is 4.40. The zero-order valence-electron chi connectivity index (χ0n) is 17.1. The summed E-state index contributed by atoms with van der Waals surface area (Å²) in [5.41, 5.74) is 0.860. The molecule has 9 nitrogen and oxygen atoms in total. The van der Waals surface area contributed by atoms with Gasteiger partial charge in [-0.1, -0.05) is 0 Å². The summed E-state index contributed by atoms with van der Waals surface area (Å²) >= 11 is 0. The number of benzene rings is 2. The van der Waals surface area contributed by atoms with Crippen molar-refractivity contribution in [1.82, 2.24) is 0 Å². The van der Waals surface area contributed by atoms with Crippen molar-refractivity contribution >= 4 is 23.9 Å². The molecule has 160 valence electrons. The third-order valence-corrected chi connectivity index (χ3v) is 4.00. The quantitative estimate of drug-likeness (QED) is 0.464. The minimum Gasteiger partial charge on any atom is -0.493 e. The van der Waals surface area contributed by atoms with Crippen LogP contribution in [0.15, 0.2) is 36.4 Å². The first kappa shape index (κ1) is 22.5. The first-order valence-electron chi connectivity index (χ1n) is 8.90. The number of aldehydes is 1. The van der Waals surface area contributed by atoms with Gasteiger partial charge in [0.05, 0.1) is 21.3 Å². The number of esters is 1. The second-order valence-corrected chi connectivity index (χ2v) is 6.01. The molecule has 0 bridgehead atoms. The van der Waals surface area contributed by atoms with Crippen LogP contribution in [0.4, 0.5) is 5.69 Å². The van der Waals surface area contributed by atoms with Gasteiger partial charge < -0.3 is 29.0 Å². The zero-order chi connectivity index (χ0) is 22.1. The minimum absolute atomic E-state index is 0.266. The molecule has 0 fully saturated rings. The van der Waals surface area contributed by atoms with E-state index in [1.54, 1.807) is 18.2 Å². The van der Waals surface area contributed by atoms with Crippen molar-refractivity contribution in [1.29, 1.82) is 0 Å². The van der Waals surface area contributed by atoms with Gasteiger partial charge in [-0.05, 0) is 37.3 Å². The third kappa shape index (κ3) is 5.87. The van der Waals surface area contributed by atoms with E-state index in [0.717, 1.165) is 0 Å². The van der Waals surface area contributed by atoms with Gasteiger partial charge in [0.25, 0.3) is 5.91 Å². The maximum atomic E-state index is 12.3. The zero-order valence-corrected chi connectivity index (χ0v) is 17.1. The maximum absolute atomic E-state index is 12.3. The first-order valence-corrected chi connectivity index (χ1v) is 8.90. The van der Waals surface area contributed by atoms with E-state index in [-0.39, 0.29) is 5.75 Å². The molecule has 2 aromatic rings. The molecule has 0 aromatic heterocycles. The predicted octanol–water partition coefficient (Wildman–Crippen LogP) is 2.47. The van der Waals surface area contributed by atoms with E-state index >= 15 is 0 Å². The summed E-state index contributed by atoms with van der Waals surface area (Å²) in [5, 5.41) is 2.63. The van der Waals surface area contributed by atoms with Crippen LogP contribution in [-0.4, -0.2) is 52.2 Å². The van der Waals surface area contributed by atoms with E-state index < -0.39 is 24.6 Å². The molecule has 0 spiro atoms. The monoisotopic (exact) mass is 417 g/mol. The number of hydrogen-bond acceptors (Lipinski definition) is 8. The summed E-state index contributed by atoms with van der Waals surface area (Å²) in [5.74, 6) is 0.260. The van der Waals surface area contributed by atoms with E-state index in [0.29, 0.717) is 34.8 Å². The van der Waals surface area contributed by atoms with E-state index in [1.807, 2.05) is 0 Å². The summed E-state index contributed by atoms with van der Waals surface area (Å²) in [6, 6.07) is 9.36. The van der Waals surface area contributed by atoms with Crippen molar-refractivity contribution < 1.29 is 38.1 Å². The number of rotatable bonds is 10. The Morgan fingerprint density at radius 3 is 2.20 bits per heavy atom.